The molecule has 0 aliphatic heterocycles. The number of amides is 1. The van der Waals surface area contributed by atoms with Crippen molar-refractivity contribution in [1.82, 2.24) is 5.32 Å². The molecule has 0 aliphatic rings. The molecule has 1 aromatic rings. The quantitative estimate of drug-likeness (QED) is 0.619. The number of nitriles is 1. The van der Waals surface area contributed by atoms with Gasteiger partial charge in [-0.2, -0.15) is 5.26 Å². The lowest BCUT2D eigenvalue weighted by atomic mass is 10.0. The minimum atomic E-state index is -1.10. The molecular formula is C16H18N2O3. The highest BCUT2D eigenvalue weighted by atomic mass is 16.4. The van der Waals surface area contributed by atoms with Crippen LogP contribution < -0.4 is 5.32 Å². The summed E-state index contributed by atoms with van der Waals surface area (Å²) in [5.41, 5.74) is 0.594. The molecule has 0 spiro atoms. The second-order valence-corrected chi connectivity index (χ2v) is 5.07. The van der Waals surface area contributed by atoms with E-state index in [-0.39, 0.29) is 11.5 Å². The van der Waals surface area contributed by atoms with Gasteiger partial charge in [0.1, 0.15) is 17.7 Å². The lowest BCUT2D eigenvalue weighted by Crippen LogP contribution is -2.42. The van der Waals surface area contributed by atoms with Gasteiger partial charge >= 0.3 is 5.97 Å². The molecule has 110 valence electrons. The van der Waals surface area contributed by atoms with Gasteiger partial charge in [-0.25, -0.2) is 4.79 Å². The molecule has 0 saturated heterocycles. The summed E-state index contributed by atoms with van der Waals surface area (Å²) in [5, 5.41) is 20.6. The zero-order chi connectivity index (χ0) is 15.8. The minimum absolute atomic E-state index is 0.115. The van der Waals surface area contributed by atoms with Gasteiger partial charge in [-0.1, -0.05) is 44.2 Å². The zero-order valence-corrected chi connectivity index (χ0v) is 12.0. The summed E-state index contributed by atoms with van der Waals surface area (Å²) in [4.78, 5) is 23.1. The van der Waals surface area contributed by atoms with Crippen LogP contribution in [0.3, 0.4) is 0 Å². The maximum Gasteiger partial charge on any atom is 0.326 e. The van der Waals surface area contributed by atoms with Crippen molar-refractivity contribution in [3.05, 3.63) is 41.5 Å². The Morgan fingerprint density at radius 2 is 1.95 bits per heavy atom. The van der Waals surface area contributed by atoms with Crippen molar-refractivity contribution in [3.8, 4) is 6.07 Å². The van der Waals surface area contributed by atoms with Crippen LogP contribution in [0.15, 0.2) is 35.9 Å². The number of carboxylic acids is 1. The van der Waals surface area contributed by atoms with Gasteiger partial charge in [0.05, 0.1) is 0 Å². The number of nitrogens with one attached hydrogen (secondary N) is 1. The fourth-order valence-electron chi connectivity index (χ4n) is 1.79. The Bertz CT molecular complexity index is 571. The predicted molar refractivity (Wildman–Crippen MR) is 79.1 cm³/mol. The van der Waals surface area contributed by atoms with E-state index in [2.05, 4.69) is 5.32 Å². The molecular weight excluding hydrogens is 268 g/mol. The summed E-state index contributed by atoms with van der Waals surface area (Å²) in [6.45, 7) is 3.74. The Labute approximate surface area is 123 Å². The Morgan fingerprint density at radius 1 is 1.33 bits per heavy atom. The second kappa shape index (κ2) is 7.85. The number of benzene rings is 1. The van der Waals surface area contributed by atoms with E-state index in [0.29, 0.717) is 12.0 Å². The molecule has 1 rings (SSSR count). The first-order valence-corrected chi connectivity index (χ1v) is 6.64. The first-order chi connectivity index (χ1) is 9.93. The van der Waals surface area contributed by atoms with Crippen LogP contribution in [0.25, 0.3) is 6.08 Å². The Hall–Kier alpha value is -2.61. The fourth-order valence-corrected chi connectivity index (χ4v) is 1.79. The standard InChI is InChI=1S/C16H18N2O3/c1-11(2)8-14(16(20)21)18-15(19)13(10-17)9-12-6-4-3-5-7-12/h3-7,9,11,14H,8H2,1-2H3,(H,18,19)(H,20,21)/b13-9-. The van der Waals surface area contributed by atoms with E-state index >= 15 is 0 Å². The third-order valence-corrected chi connectivity index (χ3v) is 2.79. The van der Waals surface area contributed by atoms with Crippen LogP contribution in [0, 0.1) is 17.2 Å². The first kappa shape index (κ1) is 16.4. The number of rotatable bonds is 6. The van der Waals surface area contributed by atoms with E-state index in [0.717, 1.165) is 0 Å². The molecule has 1 atom stereocenters. The molecule has 1 unspecified atom stereocenters. The highest BCUT2D eigenvalue weighted by Crippen LogP contribution is 2.09. The number of carbonyl (C=O) groups is 2. The van der Waals surface area contributed by atoms with Gasteiger partial charge in [-0.05, 0) is 24.0 Å². The third kappa shape index (κ3) is 5.49. The molecule has 0 radical (unpaired) electrons. The topological polar surface area (TPSA) is 90.2 Å². The highest BCUT2D eigenvalue weighted by Gasteiger charge is 2.22. The van der Waals surface area contributed by atoms with E-state index in [1.165, 1.54) is 6.08 Å². The van der Waals surface area contributed by atoms with Crippen LogP contribution in [0.5, 0.6) is 0 Å². The van der Waals surface area contributed by atoms with Crippen LogP contribution in [0.1, 0.15) is 25.8 Å². The van der Waals surface area contributed by atoms with Gasteiger partial charge in [0.15, 0.2) is 0 Å². The van der Waals surface area contributed by atoms with Gasteiger partial charge in [0.25, 0.3) is 5.91 Å². The molecule has 0 heterocycles. The number of carboxylic acid groups (broad SMARTS) is 1. The SMILES string of the molecule is CC(C)CC(NC(=O)/C(C#N)=C\c1ccccc1)C(=O)O. The largest absolute Gasteiger partial charge is 0.480 e. The Balaban J connectivity index is 2.87. The zero-order valence-electron chi connectivity index (χ0n) is 12.0. The number of hydrogen-bond acceptors (Lipinski definition) is 3. The van der Waals surface area contributed by atoms with E-state index in [9.17, 15) is 9.59 Å². The van der Waals surface area contributed by atoms with Crippen molar-refractivity contribution in [3.63, 3.8) is 0 Å². The molecule has 21 heavy (non-hydrogen) atoms. The van der Waals surface area contributed by atoms with Crippen molar-refractivity contribution in [2.24, 2.45) is 5.92 Å². The van der Waals surface area contributed by atoms with Gasteiger partial charge < -0.3 is 10.4 Å². The average Bonchev–Trinajstić information content (AvgIpc) is 2.44. The van der Waals surface area contributed by atoms with Crippen LogP contribution in [0.4, 0.5) is 0 Å². The molecule has 0 bridgehead atoms. The van der Waals surface area contributed by atoms with Gasteiger partial charge in [-0.15, -0.1) is 0 Å². The number of hydrogen-bond donors (Lipinski definition) is 2. The van der Waals surface area contributed by atoms with Crippen molar-refractivity contribution in [1.29, 1.82) is 5.26 Å². The predicted octanol–water partition coefficient (Wildman–Crippen LogP) is 2.21. The summed E-state index contributed by atoms with van der Waals surface area (Å²) in [6, 6.07) is 9.73. The monoisotopic (exact) mass is 286 g/mol. The van der Waals surface area contributed by atoms with E-state index in [1.807, 2.05) is 19.9 Å². The first-order valence-electron chi connectivity index (χ1n) is 6.64. The Kier molecular flexibility index (Phi) is 6.15. The van der Waals surface area contributed by atoms with E-state index in [4.69, 9.17) is 10.4 Å². The summed E-state index contributed by atoms with van der Waals surface area (Å²) in [5.74, 6) is -1.65. The summed E-state index contributed by atoms with van der Waals surface area (Å²) in [6.07, 6.45) is 1.74. The number of nitrogens with zero attached hydrogens (tertiary/aromatic N) is 1. The molecule has 1 amide bonds. The number of aliphatic carboxylic acids is 1. The molecule has 0 aromatic heterocycles. The highest BCUT2D eigenvalue weighted by molar-refractivity contribution is 6.03. The lowest BCUT2D eigenvalue weighted by Gasteiger charge is -2.16. The minimum Gasteiger partial charge on any atom is -0.480 e. The molecule has 5 heteroatoms. The second-order valence-electron chi connectivity index (χ2n) is 5.07. The smallest absolute Gasteiger partial charge is 0.326 e. The summed E-state index contributed by atoms with van der Waals surface area (Å²) in [7, 11) is 0. The maximum absolute atomic E-state index is 12.0. The summed E-state index contributed by atoms with van der Waals surface area (Å²) >= 11 is 0. The fraction of sp³-hybridized carbons (Fsp3) is 0.312. The molecule has 0 aliphatic carbocycles. The normalized spacial score (nSPS) is 12.6. The van der Waals surface area contributed by atoms with Crippen LogP contribution >= 0.6 is 0 Å². The average molecular weight is 286 g/mol. The Morgan fingerprint density at radius 3 is 2.43 bits per heavy atom. The molecule has 2 N–H and O–H groups in total. The van der Waals surface area contributed by atoms with Gasteiger partial charge in [0.2, 0.25) is 0 Å². The number of carbonyl (C=O) groups excluding carboxylic acids is 1. The molecule has 0 fully saturated rings. The van der Waals surface area contributed by atoms with E-state index in [1.54, 1.807) is 30.3 Å². The van der Waals surface area contributed by atoms with Gasteiger partial charge in [0, 0.05) is 0 Å². The van der Waals surface area contributed by atoms with Gasteiger partial charge in [-0.3, -0.25) is 4.79 Å². The molecule has 5 nitrogen and oxygen atoms in total. The van der Waals surface area contributed by atoms with Crippen LogP contribution in [0.2, 0.25) is 0 Å². The van der Waals surface area contributed by atoms with Crippen molar-refractivity contribution in [2.45, 2.75) is 26.3 Å². The molecule has 1 aromatic carbocycles. The van der Waals surface area contributed by atoms with Crippen molar-refractivity contribution < 1.29 is 14.7 Å². The maximum atomic E-state index is 12.0. The van der Waals surface area contributed by atoms with E-state index < -0.39 is 17.9 Å². The third-order valence-electron chi connectivity index (χ3n) is 2.79. The van der Waals surface area contributed by atoms with Crippen LogP contribution in [-0.2, 0) is 9.59 Å². The lowest BCUT2D eigenvalue weighted by molar-refractivity contribution is -0.141. The van der Waals surface area contributed by atoms with Crippen molar-refractivity contribution in [2.75, 3.05) is 0 Å². The molecule has 0 saturated carbocycles. The summed E-state index contributed by atoms with van der Waals surface area (Å²) < 4.78 is 0. The van der Waals surface area contributed by atoms with Crippen LogP contribution in [-0.4, -0.2) is 23.0 Å². The van der Waals surface area contributed by atoms with Crippen molar-refractivity contribution >= 4 is 18.0 Å².